The molecule has 1 nitrogen and oxygen atoms in total. The number of rotatable bonds is 5. The van der Waals surface area contributed by atoms with E-state index < -0.39 is 29.1 Å². The van der Waals surface area contributed by atoms with E-state index in [4.69, 9.17) is 4.74 Å². The molecule has 0 heterocycles. The van der Waals surface area contributed by atoms with E-state index in [0.717, 1.165) is 31.4 Å². The highest BCUT2D eigenvalue weighted by atomic mass is 19.2. The summed E-state index contributed by atoms with van der Waals surface area (Å²) < 4.78 is 77.4. The molecule has 0 N–H and O–H groups in total. The van der Waals surface area contributed by atoms with Crippen LogP contribution in [0.25, 0.3) is 11.1 Å². The lowest BCUT2D eigenvalue weighted by molar-refractivity contribution is 0.307. The van der Waals surface area contributed by atoms with Crippen molar-refractivity contribution in [2.45, 2.75) is 51.9 Å². The van der Waals surface area contributed by atoms with Crippen LogP contribution in [0.5, 0.6) is 11.5 Å². The monoisotopic (exact) mass is 460 g/mol. The molecule has 0 bridgehead atoms. The topological polar surface area (TPSA) is 9.23 Å². The van der Waals surface area contributed by atoms with E-state index in [9.17, 15) is 17.6 Å². The minimum atomic E-state index is -1.57. The summed E-state index contributed by atoms with van der Waals surface area (Å²) in [6.45, 7) is 3.67. The Kier molecular flexibility index (Phi) is 6.73. The molecule has 174 valence electrons. The molecular weight excluding hydrogens is 435 g/mol. The van der Waals surface area contributed by atoms with Crippen LogP contribution in [0, 0.1) is 41.9 Å². The number of ether oxygens (including phenoxy) is 1. The molecule has 1 aliphatic rings. The maximum Gasteiger partial charge on any atom is 0.194 e. The number of aryl methyl sites for hydroxylation is 1. The van der Waals surface area contributed by atoms with E-state index in [-0.39, 0.29) is 39.7 Å². The van der Waals surface area contributed by atoms with Gasteiger partial charge in [-0.15, -0.1) is 0 Å². The summed E-state index contributed by atoms with van der Waals surface area (Å²) in [4.78, 5) is 0. The first-order chi connectivity index (χ1) is 15.8. The number of benzene rings is 3. The minimum absolute atomic E-state index is 0.0292. The van der Waals surface area contributed by atoms with Crippen molar-refractivity contribution in [3.8, 4) is 22.6 Å². The summed E-state index contributed by atoms with van der Waals surface area (Å²) in [6, 6.07) is 9.26. The van der Waals surface area contributed by atoms with E-state index in [1.54, 1.807) is 19.1 Å². The molecule has 0 radical (unpaired) electrons. The first-order valence-electron chi connectivity index (χ1n) is 11.2. The Bertz CT molecular complexity index is 1140. The summed E-state index contributed by atoms with van der Waals surface area (Å²) in [5.74, 6) is -5.24. The van der Waals surface area contributed by atoms with Gasteiger partial charge in [-0.1, -0.05) is 31.5 Å². The zero-order chi connectivity index (χ0) is 23.7. The molecule has 3 aromatic rings. The van der Waals surface area contributed by atoms with Crippen molar-refractivity contribution in [3.05, 3.63) is 82.7 Å². The fraction of sp³-hybridized carbons (Fsp3) is 0.333. The molecule has 1 fully saturated rings. The highest BCUT2D eigenvalue weighted by Crippen LogP contribution is 2.43. The molecule has 3 aromatic carbocycles. The third kappa shape index (κ3) is 4.61. The maximum atomic E-state index is 15.6. The van der Waals surface area contributed by atoms with E-state index in [2.05, 4.69) is 6.92 Å². The molecule has 1 saturated carbocycles. The molecule has 0 aliphatic heterocycles. The average Bonchev–Trinajstić information content (AvgIpc) is 2.80. The van der Waals surface area contributed by atoms with E-state index >= 15 is 4.39 Å². The maximum absolute atomic E-state index is 15.6. The van der Waals surface area contributed by atoms with Gasteiger partial charge in [0.2, 0.25) is 0 Å². The molecule has 6 heteroatoms. The van der Waals surface area contributed by atoms with Gasteiger partial charge < -0.3 is 4.74 Å². The summed E-state index contributed by atoms with van der Waals surface area (Å²) in [7, 11) is 0. The Hall–Kier alpha value is -2.89. The summed E-state index contributed by atoms with van der Waals surface area (Å²) in [5, 5.41) is 0. The predicted molar refractivity (Wildman–Crippen MR) is 118 cm³/mol. The number of para-hydroxylation sites is 1. The highest BCUT2D eigenvalue weighted by Gasteiger charge is 2.29. The van der Waals surface area contributed by atoms with Gasteiger partial charge in [0.25, 0.3) is 0 Å². The molecule has 0 spiro atoms. The van der Waals surface area contributed by atoms with Crippen LogP contribution < -0.4 is 4.74 Å². The van der Waals surface area contributed by atoms with Crippen LogP contribution in [-0.2, 0) is 0 Å². The van der Waals surface area contributed by atoms with Crippen molar-refractivity contribution < 1.29 is 26.7 Å². The van der Waals surface area contributed by atoms with Gasteiger partial charge in [-0.2, -0.15) is 0 Å². The fourth-order valence-electron chi connectivity index (χ4n) is 4.71. The summed E-state index contributed by atoms with van der Waals surface area (Å²) in [6.07, 6.45) is 4.32. The van der Waals surface area contributed by atoms with Crippen molar-refractivity contribution in [3.63, 3.8) is 0 Å². The van der Waals surface area contributed by atoms with Crippen molar-refractivity contribution in [1.82, 2.24) is 0 Å². The molecule has 0 amide bonds. The summed E-state index contributed by atoms with van der Waals surface area (Å²) >= 11 is 0. The molecule has 0 saturated heterocycles. The normalized spacial score (nSPS) is 18.4. The van der Waals surface area contributed by atoms with Crippen molar-refractivity contribution >= 4 is 0 Å². The van der Waals surface area contributed by atoms with E-state index in [1.807, 2.05) is 0 Å². The lowest BCUT2D eigenvalue weighted by Gasteiger charge is -2.29. The second kappa shape index (κ2) is 9.54. The Morgan fingerprint density at radius 3 is 2.09 bits per heavy atom. The Balaban J connectivity index is 1.73. The van der Waals surface area contributed by atoms with Gasteiger partial charge in [0, 0.05) is 11.1 Å². The molecule has 33 heavy (non-hydrogen) atoms. The Morgan fingerprint density at radius 1 is 0.818 bits per heavy atom. The molecule has 0 unspecified atom stereocenters. The molecule has 0 aromatic heterocycles. The fourth-order valence-corrected chi connectivity index (χ4v) is 4.71. The standard InChI is InChI=1S/C27H25F5O/c1-3-16-8-10-17(11-9-16)24-20(28)12-15(2)27(26(24)32)33-23-7-5-4-6-19(23)18-13-21(29)25(31)22(30)14-18/h4-7,12-14,16-17H,3,8-11H2,1-2H3. The molecule has 0 atom stereocenters. The highest BCUT2D eigenvalue weighted by molar-refractivity contribution is 5.71. The van der Waals surface area contributed by atoms with Crippen LogP contribution in [0.4, 0.5) is 22.0 Å². The van der Waals surface area contributed by atoms with Crippen molar-refractivity contribution in [2.24, 2.45) is 5.92 Å². The van der Waals surface area contributed by atoms with Gasteiger partial charge in [0.15, 0.2) is 29.0 Å². The van der Waals surface area contributed by atoms with Crippen LogP contribution in [0.3, 0.4) is 0 Å². The quantitative estimate of drug-likeness (QED) is 0.273. The van der Waals surface area contributed by atoms with Crippen LogP contribution >= 0.6 is 0 Å². The van der Waals surface area contributed by atoms with Gasteiger partial charge in [-0.05, 0) is 79.8 Å². The van der Waals surface area contributed by atoms with Crippen LogP contribution in [0.2, 0.25) is 0 Å². The van der Waals surface area contributed by atoms with Crippen LogP contribution in [0.1, 0.15) is 56.1 Å². The zero-order valence-electron chi connectivity index (χ0n) is 18.5. The number of hydrogen-bond donors (Lipinski definition) is 0. The van der Waals surface area contributed by atoms with E-state index in [0.29, 0.717) is 18.8 Å². The second-order valence-electron chi connectivity index (χ2n) is 8.71. The molecule has 1 aliphatic carbocycles. The van der Waals surface area contributed by atoms with Crippen molar-refractivity contribution in [2.75, 3.05) is 0 Å². The SMILES string of the molecule is CCC1CCC(c2c(F)cc(C)c(Oc3ccccc3-c3cc(F)c(F)c(F)c3)c2F)CC1. The third-order valence-corrected chi connectivity index (χ3v) is 6.62. The third-order valence-electron chi connectivity index (χ3n) is 6.62. The average molecular weight is 460 g/mol. The number of hydrogen-bond acceptors (Lipinski definition) is 1. The predicted octanol–water partition coefficient (Wildman–Crippen LogP) is 8.83. The van der Waals surface area contributed by atoms with E-state index in [1.165, 1.54) is 18.2 Å². The van der Waals surface area contributed by atoms with Gasteiger partial charge in [-0.25, -0.2) is 22.0 Å². The Labute approximate surface area is 190 Å². The van der Waals surface area contributed by atoms with Crippen LogP contribution in [0.15, 0.2) is 42.5 Å². The largest absolute Gasteiger partial charge is 0.453 e. The first kappa shape index (κ1) is 23.3. The Morgan fingerprint density at radius 2 is 1.45 bits per heavy atom. The van der Waals surface area contributed by atoms with Crippen molar-refractivity contribution in [1.29, 1.82) is 0 Å². The second-order valence-corrected chi connectivity index (χ2v) is 8.71. The van der Waals surface area contributed by atoms with Gasteiger partial charge >= 0.3 is 0 Å². The smallest absolute Gasteiger partial charge is 0.194 e. The van der Waals surface area contributed by atoms with Gasteiger partial charge in [-0.3, -0.25) is 0 Å². The van der Waals surface area contributed by atoms with Gasteiger partial charge in [0.05, 0.1) is 0 Å². The lowest BCUT2D eigenvalue weighted by atomic mass is 9.77. The molecular formula is C27H25F5O. The minimum Gasteiger partial charge on any atom is -0.453 e. The lowest BCUT2D eigenvalue weighted by Crippen LogP contribution is -2.15. The molecule has 4 rings (SSSR count). The van der Waals surface area contributed by atoms with Gasteiger partial charge in [0.1, 0.15) is 11.6 Å². The van der Waals surface area contributed by atoms with Crippen LogP contribution in [-0.4, -0.2) is 0 Å². The number of halogens is 5. The summed E-state index contributed by atoms with van der Waals surface area (Å²) in [5.41, 5.74) is 0.590. The first-order valence-corrected chi connectivity index (χ1v) is 11.2. The zero-order valence-corrected chi connectivity index (χ0v) is 18.5.